The molecular formula is C13H19N5O. The van der Waals surface area contributed by atoms with E-state index in [9.17, 15) is 0 Å². The third-order valence-electron chi connectivity index (χ3n) is 2.45. The van der Waals surface area contributed by atoms with Crippen molar-refractivity contribution in [3.8, 4) is 5.88 Å². The van der Waals surface area contributed by atoms with E-state index in [1.807, 2.05) is 33.2 Å². The van der Waals surface area contributed by atoms with E-state index in [1.165, 1.54) is 6.33 Å². The first-order valence-electron chi connectivity index (χ1n) is 6.34. The van der Waals surface area contributed by atoms with Crippen LogP contribution in [-0.4, -0.2) is 32.4 Å². The average molecular weight is 261 g/mol. The van der Waals surface area contributed by atoms with Gasteiger partial charge in [-0.05, 0) is 19.9 Å². The fourth-order valence-corrected chi connectivity index (χ4v) is 1.66. The molecule has 0 aliphatic carbocycles. The number of hydrogen-bond donors (Lipinski definition) is 1. The van der Waals surface area contributed by atoms with Crippen molar-refractivity contribution in [2.45, 2.75) is 26.4 Å². The van der Waals surface area contributed by atoms with E-state index < -0.39 is 0 Å². The summed E-state index contributed by atoms with van der Waals surface area (Å²) >= 11 is 0. The Morgan fingerprint density at radius 2 is 2.21 bits per heavy atom. The second-order valence-electron chi connectivity index (χ2n) is 4.57. The molecule has 0 unspecified atom stereocenters. The molecule has 0 fully saturated rings. The van der Waals surface area contributed by atoms with Gasteiger partial charge in [0, 0.05) is 32.3 Å². The molecular weight excluding hydrogens is 242 g/mol. The summed E-state index contributed by atoms with van der Waals surface area (Å²) in [4.78, 5) is 8.22. The third kappa shape index (κ3) is 4.24. The van der Waals surface area contributed by atoms with Crippen molar-refractivity contribution in [1.82, 2.24) is 19.7 Å². The van der Waals surface area contributed by atoms with Crippen molar-refractivity contribution in [2.24, 2.45) is 7.05 Å². The number of rotatable bonds is 6. The van der Waals surface area contributed by atoms with Gasteiger partial charge in [0.2, 0.25) is 5.88 Å². The van der Waals surface area contributed by atoms with Crippen LogP contribution in [0.4, 0.5) is 5.82 Å². The zero-order valence-electron chi connectivity index (χ0n) is 11.5. The molecule has 2 aromatic rings. The van der Waals surface area contributed by atoms with Crippen LogP contribution in [0.1, 0.15) is 19.5 Å². The molecule has 0 spiro atoms. The molecule has 0 aliphatic rings. The molecule has 2 aromatic heterocycles. The topological polar surface area (TPSA) is 64.9 Å². The molecule has 1 N–H and O–H groups in total. The number of ether oxygens (including phenoxy) is 1. The van der Waals surface area contributed by atoms with E-state index in [0.29, 0.717) is 5.88 Å². The summed E-state index contributed by atoms with van der Waals surface area (Å²) in [6.07, 6.45) is 4.40. The van der Waals surface area contributed by atoms with Crippen molar-refractivity contribution in [2.75, 3.05) is 11.9 Å². The van der Waals surface area contributed by atoms with Gasteiger partial charge in [0.15, 0.2) is 0 Å². The van der Waals surface area contributed by atoms with E-state index in [1.54, 1.807) is 10.7 Å². The molecule has 0 saturated heterocycles. The zero-order valence-corrected chi connectivity index (χ0v) is 11.5. The SMILES string of the molecule is CC(C)Oc1cc(NCCc2ccn(C)n2)ncn1. The predicted octanol–water partition coefficient (Wildman–Crippen LogP) is 1.65. The van der Waals surface area contributed by atoms with Gasteiger partial charge >= 0.3 is 0 Å². The fraction of sp³-hybridized carbons (Fsp3) is 0.462. The van der Waals surface area contributed by atoms with Gasteiger partial charge in [-0.3, -0.25) is 4.68 Å². The Labute approximate surface area is 112 Å². The van der Waals surface area contributed by atoms with Crippen LogP contribution in [0.15, 0.2) is 24.7 Å². The van der Waals surface area contributed by atoms with Crippen LogP contribution in [0, 0.1) is 0 Å². The highest BCUT2D eigenvalue weighted by molar-refractivity contribution is 5.37. The summed E-state index contributed by atoms with van der Waals surface area (Å²) in [5, 5.41) is 7.55. The third-order valence-corrected chi connectivity index (χ3v) is 2.45. The van der Waals surface area contributed by atoms with E-state index >= 15 is 0 Å². The molecule has 2 heterocycles. The standard InChI is InChI=1S/C13H19N5O/c1-10(2)19-13-8-12(15-9-16-13)14-6-4-11-5-7-18(3)17-11/h5,7-10H,4,6H2,1-3H3,(H,14,15,16). The lowest BCUT2D eigenvalue weighted by molar-refractivity contribution is 0.232. The summed E-state index contributed by atoms with van der Waals surface area (Å²) in [5.74, 6) is 1.35. The van der Waals surface area contributed by atoms with Crippen molar-refractivity contribution >= 4 is 5.82 Å². The van der Waals surface area contributed by atoms with E-state index in [4.69, 9.17) is 4.74 Å². The van der Waals surface area contributed by atoms with Crippen LogP contribution in [-0.2, 0) is 13.5 Å². The van der Waals surface area contributed by atoms with Crippen molar-refractivity contribution in [1.29, 1.82) is 0 Å². The van der Waals surface area contributed by atoms with Gasteiger partial charge in [-0.15, -0.1) is 0 Å². The van der Waals surface area contributed by atoms with Gasteiger partial charge in [0.05, 0.1) is 11.8 Å². The zero-order chi connectivity index (χ0) is 13.7. The maximum Gasteiger partial charge on any atom is 0.218 e. The summed E-state index contributed by atoms with van der Waals surface area (Å²) in [6.45, 7) is 4.71. The lowest BCUT2D eigenvalue weighted by atomic mass is 10.3. The summed E-state index contributed by atoms with van der Waals surface area (Å²) in [6, 6.07) is 3.81. The molecule has 0 atom stereocenters. The Bertz CT molecular complexity index is 523. The number of nitrogens with one attached hydrogen (secondary N) is 1. The normalized spacial score (nSPS) is 10.7. The summed E-state index contributed by atoms with van der Waals surface area (Å²) in [5.41, 5.74) is 1.06. The van der Waals surface area contributed by atoms with Gasteiger partial charge < -0.3 is 10.1 Å². The van der Waals surface area contributed by atoms with Crippen molar-refractivity contribution in [3.05, 3.63) is 30.4 Å². The van der Waals surface area contributed by atoms with Crippen LogP contribution in [0.25, 0.3) is 0 Å². The molecule has 19 heavy (non-hydrogen) atoms. The van der Waals surface area contributed by atoms with Crippen LogP contribution in [0.5, 0.6) is 5.88 Å². The number of hydrogen-bond acceptors (Lipinski definition) is 5. The average Bonchev–Trinajstić information content (AvgIpc) is 2.75. The Morgan fingerprint density at radius 3 is 2.89 bits per heavy atom. The van der Waals surface area contributed by atoms with E-state index in [-0.39, 0.29) is 6.10 Å². The van der Waals surface area contributed by atoms with Gasteiger partial charge in [-0.1, -0.05) is 0 Å². The first-order valence-corrected chi connectivity index (χ1v) is 6.34. The molecule has 2 rings (SSSR count). The molecule has 0 radical (unpaired) electrons. The van der Waals surface area contributed by atoms with Crippen molar-refractivity contribution < 1.29 is 4.74 Å². The Kier molecular flexibility index (Phi) is 4.33. The molecule has 6 nitrogen and oxygen atoms in total. The van der Waals surface area contributed by atoms with Gasteiger partial charge in [-0.25, -0.2) is 9.97 Å². The lowest BCUT2D eigenvalue weighted by Gasteiger charge is -2.09. The Hall–Kier alpha value is -2.11. The second kappa shape index (κ2) is 6.17. The molecule has 0 saturated carbocycles. The van der Waals surface area contributed by atoms with Crippen LogP contribution in [0.3, 0.4) is 0 Å². The molecule has 102 valence electrons. The van der Waals surface area contributed by atoms with Crippen LogP contribution in [0.2, 0.25) is 0 Å². The second-order valence-corrected chi connectivity index (χ2v) is 4.57. The highest BCUT2D eigenvalue weighted by atomic mass is 16.5. The number of anilines is 1. The highest BCUT2D eigenvalue weighted by Crippen LogP contribution is 2.12. The smallest absolute Gasteiger partial charge is 0.218 e. The Morgan fingerprint density at radius 1 is 1.37 bits per heavy atom. The first kappa shape index (κ1) is 13.3. The maximum atomic E-state index is 5.52. The quantitative estimate of drug-likeness (QED) is 0.856. The minimum Gasteiger partial charge on any atom is -0.475 e. The largest absolute Gasteiger partial charge is 0.475 e. The van der Waals surface area contributed by atoms with Crippen LogP contribution < -0.4 is 10.1 Å². The maximum absolute atomic E-state index is 5.52. The van der Waals surface area contributed by atoms with Gasteiger partial charge in [-0.2, -0.15) is 5.10 Å². The number of aryl methyl sites for hydroxylation is 1. The number of nitrogens with zero attached hydrogens (tertiary/aromatic N) is 4. The monoisotopic (exact) mass is 261 g/mol. The van der Waals surface area contributed by atoms with Crippen molar-refractivity contribution in [3.63, 3.8) is 0 Å². The van der Waals surface area contributed by atoms with E-state index in [0.717, 1.165) is 24.5 Å². The van der Waals surface area contributed by atoms with Gasteiger partial charge in [0.25, 0.3) is 0 Å². The molecule has 6 heteroatoms. The molecule has 0 aromatic carbocycles. The highest BCUT2D eigenvalue weighted by Gasteiger charge is 2.02. The van der Waals surface area contributed by atoms with E-state index in [2.05, 4.69) is 20.4 Å². The van der Waals surface area contributed by atoms with Crippen LogP contribution >= 0.6 is 0 Å². The molecule has 0 aliphatic heterocycles. The first-order chi connectivity index (χ1) is 9.13. The summed E-state index contributed by atoms with van der Waals surface area (Å²) < 4.78 is 7.32. The minimum absolute atomic E-state index is 0.108. The predicted molar refractivity (Wildman–Crippen MR) is 73.2 cm³/mol. The minimum atomic E-state index is 0.108. The molecule has 0 amide bonds. The Balaban J connectivity index is 1.85. The summed E-state index contributed by atoms with van der Waals surface area (Å²) in [7, 11) is 1.91. The fourth-order valence-electron chi connectivity index (χ4n) is 1.66. The lowest BCUT2D eigenvalue weighted by Crippen LogP contribution is -2.10. The molecule has 0 bridgehead atoms. The number of aromatic nitrogens is 4. The van der Waals surface area contributed by atoms with Gasteiger partial charge in [0.1, 0.15) is 12.1 Å².